The number of hydrogen-bond acceptors (Lipinski definition) is 6. The van der Waals surface area contributed by atoms with Crippen LogP contribution in [0.2, 0.25) is 0 Å². The molecule has 7 atom stereocenters. The molecule has 0 bridgehead atoms. The largest absolute Gasteiger partial charge is 0.481 e. The molecule has 2 aromatic rings. The van der Waals surface area contributed by atoms with Crippen LogP contribution in [0.25, 0.3) is 0 Å². The topological polar surface area (TPSA) is 151 Å². The number of fused-ring (bicyclic) bond motifs is 6. The number of nitrogen functional groups attached to an aromatic ring is 1. The van der Waals surface area contributed by atoms with Crippen LogP contribution >= 0.6 is 0 Å². The van der Waals surface area contributed by atoms with E-state index >= 15 is 0 Å². The van der Waals surface area contributed by atoms with Gasteiger partial charge in [-0.15, -0.1) is 0 Å². The Hall–Kier alpha value is -3.72. The van der Waals surface area contributed by atoms with Crippen molar-refractivity contribution < 1.29 is 24.3 Å². The van der Waals surface area contributed by atoms with Gasteiger partial charge in [-0.05, 0) is 128 Å². The summed E-state index contributed by atoms with van der Waals surface area (Å²) < 4.78 is 0. The van der Waals surface area contributed by atoms with Crippen LogP contribution in [0.3, 0.4) is 0 Å². The predicted octanol–water partition coefficient (Wildman–Crippen LogP) is 5.63. The van der Waals surface area contributed by atoms with Gasteiger partial charge in [-0.1, -0.05) is 52.7 Å². The summed E-state index contributed by atoms with van der Waals surface area (Å²) in [5.41, 5.74) is 10.6. The van der Waals surface area contributed by atoms with Gasteiger partial charge in [0.25, 0.3) is 0 Å². The highest BCUT2D eigenvalue weighted by atomic mass is 16.4. The van der Waals surface area contributed by atoms with Crippen LogP contribution in [0.5, 0.6) is 0 Å². The molecule has 6 rings (SSSR count). The SMILES string of the molecule is CN[C@@H](CC(=O)O)C(=O)Nc1ccc2c(c1)[C@@]1(C)CCC[C@](C)(C(=O)NC(=O)[C@@]3(C)CCC[C@]4(C)c5cc(N)ccc5CC[C@@H]34)[C@@H]1CC2. The second-order valence-electron chi connectivity index (χ2n) is 16.1. The van der Waals surface area contributed by atoms with Crippen molar-refractivity contribution in [3.63, 3.8) is 0 Å². The molecule has 2 aromatic carbocycles. The van der Waals surface area contributed by atoms with Crippen molar-refractivity contribution in [2.45, 2.75) is 115 Å². The number of carbonyl (C=O) groups is 4. The van der Waals surface area contributed by atoms with Crippen LogP contribution in [-0.4, -0.2) is 41.9 Å². The zero-order chi connectivity index (χ0) is 34.6. The maximum Gasteiger partial charge on any atom is 0.305 e. The number of aryl methyl sites for hydroxylation is 2. The Kier molecular flexibility index (Phi) is 8.76. The minimum Gasteiger partial charge on any atom is -0.481 e. The Morgan fingerprint density at radius 3 is 1.85 bits per heavy atom. The van der Waals surface area contributed by atoms with E-state index in [1.807, 2.05) is 31.2 Å². The first-order chi connectivity index (χ1) is 22.7. The maximum absolute atomic E-state index is 14.5. The summed E-state index contributed by atoms with van der Waals surface area (Å²) in [6, 6.07) is 11.3. The van der Waals surface area contributed by atoms with Crippen LogP contribution in [0.1, 0.15) is 108 Å². The molecule has 4 aliphatic carbocycles. The average molecular weight is 657 g/mol. The molecule has 9 nitrogen and oxygen atoms in total. The molecule has 6 N–H and O–H groups in total. The average Bonchev–Trinajstić information content (AvgIpc) is 3.03. The first-order valence-electron chi connectivity index (χ1n) is 17.7. The van der Waals surface area contributed by atoms with Gasteiger partial charge in [0.05, 0.1) is 23.3 Å². The fourth-order valence-corrected chi connectivity index (χ4v) is 10.7. The van der Waals surface area contributed by atoms with Gasteiger partial charge in [0.1, 0.15) is 0 Å². The number of amides is 3. The Bertz CT molecular complexity index is 1660. The zero-order valence-corrected chi connectivity index (χ0v) is 29.1. The first kappa shape index (κ1) is 34.2. The smallest absolute Gasteiger partial charge is 0.305 e. The summed E-state index contributed by atoms with van der Waals surface area (Å²) in [4.78, 5) is 53.0. The third kappa shape index (κ3) is 5.52. The van der Waals surface area contributed by atoms with Crippen LogP contribution in [0, 0.1) is 22.7 Å². The van der Waals surface area contributed by atoms with E-state index in [-0.39, 0.29) is 40.9 Å². The van der Waals surface area contributed by atoms with E-state index in [1.165, 1.54) is 16.7 Å². The molecular formula is C39H52N4O5. The number of aliphatic carboxylic acids is 1. The van der Waals surface area contributed by atoms with Gasteiger partial charge in [-0.25, -0.2) is 0 Å². The second-order valence-corrected chi connectivity index (χ2v) is 16.1. The molecule has 2 saturated carbocycles. The van der Waals surface area contributed by atoms with Gasteiger partial charge in [-0.3, -0.25) is 24.5 Å². The minimum absolute atomic E-state index is 0.0102. The third-order valence-electron chi connectivity index (χ3n) is 13.3. The number of nitrogens with two attached hydrogens (primary N) is 1. The van der Waals surface area contributed by atoms with E-state index in [2.05, 4.69) is 48.9 Å². The Morgan fingerprint density at radius 1 is 0.812 bits per heavy atom. The monoisotopic (exact) mass is 656 g/mol. The van der Waals surface area contributed by atoms with E-state index in [0.717, 1.165) is 69.0 Å². The molecule has 0 spiro atoms. The highest BCUT2D eigenvalue weighted by Crippen LogP contribution is 2.59. The molecule has 9 heteroatoms. The van der Waals surface area contributed by atoms with Crippen molar-refractivity contribution in [1.82, 2.24) is 10.6 Å². The normalized spacial score (nSPS) is 32.8. The first-order valence-corrected chi connectivity index (χ1v) is 17.7. The number of hydrogen-bond donors (Lipinski definition) is 5. The Balaban J connectivity index is 1.23. The number of carboxylic acids is 1. The van der Waals surface area contributed by atoms with Gasteiger partial charge in [0.2, 0.25) is 17.7 Å². The Morgan fingerprint density at radius 2 is 1.33 bits per heavy atom. The number of nitrogens with one attached hydrogen (secondary N) is 3. The van der Waals surface area contributed by atoms with Gasteiger partial charge >= 0.3 is 5.97 Å². The highest BCUT2D eigenvalue weighted by molar-refractivity contribution is 6.01. The minimum atomic E-state index is -1.05. The molecular weight excluding hydrogens is 604 g/mol. The molecule has 0 saturated heterocycles. The number of rotatable bonds is 7. The number of carboxylic acid groups (broad SMARTS) is 1. The van der Waals surface area contributed by atoms with Crippen molar-refractivity contribution >= 4 is 35.1 Å². The summed E-state index contributed by atoms with van der Waals surface area (Å²) >= 11 is 0. The molecule has 48 heavy (non-hydrogen) atoms. The van der Waals surface area contributed by atoms with E-state index in [1.54, 1.807) is 7.05 Å². The molecule has 3 amide bonds. The van der Waals surface area contributed by atoms with Gasteiger partial charge in [-0.2, -0.15) is 0 Å². The molecule has 0 unspecified atom stereocenters. The van der Waals surface area contributed by atoms with Crippen molar-refractivity contribution in [2.75, 3.05) is 18.1 Å². The van der Waals surface area contributed by atoms with Crippen molar-refractivity contribution in [3.05, 3.63) is 58.7 Å². The predicted molar refractivity (Wildman–Crippen MR) is 186 cm³/mol. The van der Waals surface area contributed by atoms with Crippen molar-refractivity contribution in [2.24, 2.45) is 22.7 Å². The lowest BCUT2D eigenvalue weighted by molar-refractivity contribution is -0.150. The second kappa shape index (κ2) is 12.3. The van der Waals surface area contributed by atoms with Crippen molar-refractivity contribution in [1.29, 1.82) is 0 Å². The molecule has 258 valence electrons. The third-order valence-corrected chi connectivity index (χ3v) is 13.3. The fourth-order valence-electron chi connectivity index (χ4n) is 10.7. The maximum atomic E-state index is 14.5. The summed E-state index contributed by atoms with van der Waals surface area (Å²) in [7, 11) is 1.57. The van der Waals surface area contributed by atoms with Crippen LogP contribution < -0.4 is 21.7 Å². The molecule has 4 aliphatic rings. The molecule has 2 fully saturated rings. The molecule has 0 heterocycles. The molecule has 0 aromatic heterocycles. The standard InChI is InChI=1S/C39H52N4O5/c1-36-16-6-18-38(3,30(36)14-10-23-8-12-25(40)20-27(23)36)34(47)43-35(48)39(4)19-7-17-37(2)28-21-26(13-9-24(28)11-15-31(37)39)42-33(46)29(41-5)22-32(44)45/h8-9,12-13,20-21,29-31,41H,6-7,10-11,14-19,22,40H2,1-5H3,(H,42,46)(H,44,45)(H,43,47,48)/t29-,30+,31+,36+,37+,38-,39-/m0/s1. The van der Waals surface area contributed by atoms with E-state index < -0.39 is 28.7 Å². The quantitative estimate of drug-likeness (QED) is 0.191. The fraction of sp³-hybridized carbons (Fsp3) is 0.590. The summed E-state index contributed by atoms with van der Waals surface area (Å²) in [6.45, 7) is 8.64. The summed E-state index contributed by atoms with van der Waals surface area (Å²) in [5.74, 6) is -1.65. The van der Waals surface area contributed by atoms with Gasteiger partial charge < -0.3 is 21.5 Å². The number of imide groups is 1. The summed E-state index contributed by atoms with van der Waals surface area (Å²) in [6.07, 6.45) is 8.26. The zero-order valence-electron chi connectivity index (χ0n) is 29.1. The van der Waals surface area contributed by atoms with E-state index in [4.69, 9.17) is 5.73 Å². The van der Waals surface area contributed by atoms with E-state index in [0.29, 0.717) is 12.1 Å². The van der Waals surface area contributed by atoms with E-state index in [9.17, 15) is 24.3 Å². The van der Waals surface area contributed by atoms with Crippen LogP contribution in [0.4, 0.5) is 11.4 Å². The summed E-state index contributed by atoms with van der Waals surface area (Å²) in [5, 5.41) is 17.9. The number of anilines is 2. The number of benzene rings is 2. The van der Waals surface area contributed by atoms with Gasteiger partial charge in [0.15, 0.2) is 0 Å². The molecule has 0 radical (unpaired) electrons. The van der Waals surface area contributed by atoms with Crippen molar-refractivity contribution in [3.8, 4) is 0 Å². The van der Waals surface area contributed by atoms with Gasteiger partial charge in [0, 0.05) is 11.4 Å². The van der Waals surface area contributed by atoms with Crippen LogP contribution in [-0.2, 0) is 42.8 Å². The highest BCUT2D eigenvalue weighted by Gasteiger charge is 2.58. The lowest BCUT2D eigenvalue weighted by Gasteiger charge is -2.56. The Labute approximate surface area is 284 Å². The lowest BCUT2D eigenvalue weighted by atomic mass is 9.49. The number of likely N-dealkylation sites (N-methyl/N-ethyl adjacent to an activating group) is 1. The van der Waals surface area contributed by atoms with Crippen LogP contribution in [0.15, 0.2) is 36.4 Å². The lowest BCUT2D eigenvalue weighted by Crippen LogP contribution is -2.60. The number of carbonyl (C=O) groups excluding carboxylic acids is 3. The molecule has 0 aliphatic heterocycles.